The summed E-state index contributed by atoms with van der Waals surface area (Å²) in [6.07, 6.45) is 1.58. The summed E-state index contributed by atoms with van der Waals surface area (Å²) >= 11 is 0. The first-order valence-electron chi connectivity index (χ1n) is 4.94. The van der Waals surface area contributed by atoms with E-state index in [1.165, 1.54) is 0 Å². The van der Waals surface area contributed by atoms with Gasteiger partial charge in [-0.25, -0.2) is 0 Å². The van der Waals surface area contributed by atoms with Gasteiger partial charge in [0.15, 0.2) is 5.60 Å². The number of aliphatic hydroxyl groups is 1. The minimum Gasteiger partial charge on any atom is -0.380 e. The molecule has 3 rings (SSSR count). The second-order valence-corrected chi connectivity index (χ2v) is 4.16. The molecule has 15 heavy (non-hydrogen) atoms. The molecular weight excluding hydrogens is 202 g/mol. The Bertz CT molecular complexity index is 453. The summed E-state index contributed by atoms with van der Waals surface area (Å²) in [6.45, 7) is 0.389. The van der Waals surface area contributed by atoms with Crippen molar-refractivity contribution < 1.29 is 19.6 Å². The topological polar surface area (TPSA) is 95.6 Å². The van der Waals surface area contributed by atoms with Crippen molar-refractivity contribution in [1.29, 1.82) is 0 Å². The lowest BCUT2D eigenvalue weighted by atomic mass is 9.82. The molecule has 82 valence electrons. The van der Waals surface area contributed by atoms with Crippen molar-refractivity contribution in [3.05, 3.63) is 16.4 Å². The van der Waals surface area contributed by atoms with E-state index in [4.69, 9.17) is 4.52 Å². The standard InChI is InChI=1S/C8H12N3O4/c12-8-3-4-10(13)6(8)2-1-5-7(8)15-11(14)9-5/h6,12-13H,1-4H2,(H,9,14)/q+1/t6-,8-/m0/s1. The Hall–Kier alpha value is -1.18. The molecule has 1 aromatic rings. The second-order valence-electron chi connectivity index (χ2n) is 4.16. The molecule has 7 nitrogen and oxygen atoms in total. The van der Waals surface area contributed by atoms with Gasteiger partial charge >= 0.3 is 4.71 Å². The predicted octanol–water partition coefficient (Wildman–Crippen LogP) is -0.881. The van der Waals surface area contributed by atoms with Gasteiger partial charge < -0.3 is 10.3 Å². The first kappa shape index (κ1) is 9.08. The lowest BCUT2D eigenvalue weighted by molar-refractivity contribution is -0.754. The molecule has 1 saturated heterocycles. The highest BCUT2D eigenvalue weighted by atomic mass is 16.6. The summed E-state index contributed by atoms with van der Waals surface area (Å²) in [4.78, 5) is 11.0. The second kappa shape index (κ2) is 2.69. The predicted molar refractivity (Wildman–Crippen MR) is 45.5 cm³/mol. The van der Waals surface area contributed by atoms with Crippen LogP contribution in [0, 0.1) is 4.91 Å². The van der Waals surface area contributed by atoms with Crippen LogP contribution in [0.2, 0.25) is 0 Å². The number of H-pyrrole nitrogens is 1. The summed E-state index contributed by atoms with van der Waals surface area (Å²) in [5.74, 6) is 0.269. The number of hydrogen-bond donors (Lipinski definition) is 3. The molecule has 0 saturated carbocycles. The van der Waals surface area contributed by atoms with Crippen molar-refractivity contribution in [2.24, 2.45) is 0 Å². The minimum absolute atomic E-state index is 0.241. The lowest BCUT2D eigenvalue weighted by Crippen LogP contribution is -2.44. The first-order valence-corrected chi connectivity index (χ1v) is 4.94. The monoisotopic (exact) mass is 214 g/mol. The summed E-state index contributed by atoms with van der Waals surface area (Å²) in [7, 11) is 0. The van der Waals surface area contributed by atoms with Crippen LogP contribution in [0.3, 0.4) is 0 Å². The van der Waals surface area contributed by atoms with Crippen LogP contribution in [0.15, 0.2) is 4.52 Å². The molecule has 7 heteroatoms. The zero-order chi connectivity index (χ0) is 10.6. The maximum Gasteiger partial charge on any atom is 0.367 e. The van der Waals surface area contributed by atoms with Gasteiger partial charge in [-0.05, 0) is 12.8 Å². The van der Waals surface area contributed by atoms with Crippen LogP contribution in [-0.2, 0) is 12.0 Å². The number of rotatable bonds is 0. The summed E-state index contributed by atoms with van der Waals surface area (Å²) < 4.78 is 5.13. The molecule has 1 aliphatic heterocycles. The molecule has 2 aliphatic rings. The fourth-order valence-corrected chi connectivity index (χ4v) is 2.62. The third kappa shape index (κ3) is 1.05. The van der Waals surface area contributed by atoms with Crippen LogP contribution in [0.1, 0.15) is 24.3 Å². The Morgan fingerprint density at radius 1 is 1.67 bits per heavy atom. The number of aryl methyl sites for hydroxylation is 1. The first-order chi connectivity index (χ1) is 7.11. The highest BCUT2D eigenvalue weighted by Crippen LogP contribution is 2.43. The molecule has 1 fully saturated rings. The van der Waals surface area contributed by atoms with E-state index in [0.717, 1.165) is 5.06 Å². The largest absolute Gasteiger partial charge is 0.380 e. The van der Waals surface area contributed by atoms with E-state index in [9.17, 15) is 15.2 Å². The number of hydrogen-bond acceptors (Lipinski definition) is 5. The van der Waals surface area contributed by atoms with E-state index < -0.39 is 5.60 Å². The average molecular weight is 214 g/mol. The number of hydroxylamine groups is 2. The SMILES string of the molecule is O=[n+]1[nH]c2c(o1)[C@]1(O)CCN(O)[C@H]1CC2. The fraction of sp³-hybridized carbons (Fsp3) is 0.750. The van der Waals surface area contributed by atoms with E-state index >= 15 is 0 Å². The minimum atomic E-state index is -1.23. The van der Waals surface area contributed by atoms with Crippen molar-refractivity contribution in [2.75, 3.05) is 6.54 Å². The van der Waals surface area contributed by atoms with Gasteiger partial charge in [0.25, 0.3) is 0 Å². The van der Waals surface area contributed by atoms with Crippen LogP contribution >= 0.6 is 0 Å². The number of nitrogens with one attached hydrogen (secondary N) is 1. The highest BCUT2D eigenvalue weighted by Gasteiger charge is 2.55. The van der Waals surface area contributed by atoms with Crippen molar-refractivity contribution in [3.8, 4) is 0 Å². The van der Waals surface area contributed by atoms with Gasteiger partial charge in [0, 0.05) is 13.0 Å². The molecule has 1 aromatic heterocycles. The normalized spacial score (nSPS) is 35.2. The zero-order valence-corrected chi connectivity index (χ0v) is 8.01. The van der Waals surface area contributed by atoms with Crippen molar-refractivity contribution >= 4 is 0 Å². The van der Waals surface area contributed by atoms with Crippen LogP contribution in [0.25, 0.3) is 0 Å². The average Bonchev–Trinajstić information content (AvgIpc) is 2.69. The lowest BCUT2D eigenvalue weighted by Gasteiger charge is -2.31. The molecule has 0 aromatic carbocycles. The Morgan fingerprint density at radius 2 is 2.47 bits per heavy atom. The molecule has 3 N–H and O–H groups in total. The van der Waals surface area contributed by atoms with Gasteiger partial charge in [0.05, 0.1) is 6.04 Å². The summed E-state index contributed by atoms with van der Waals surface area (Å²) in [6, 6.07) is -0.371. The highest BCUT2D eigenvalue weighted by molar-refractivity contribution is 5.23. The molecule has 2 atom stereocenters. The molecule has 0 spiro atoms. The van der Waals surface area contributed by atoms with Gasteiger partial charge in [-0.1, -0.05) is 5.10 Å². The molecule has 2 heterocycles. The van der Waals surface area contributed by atoms with E-state index in [1.54, 1.807) is 0 Å². The Labute approximate surface area is 84.4 Å². The number of nitrogens with zero attached hydrogens (tertiary/aromatic N) is 2. The van der Waals surface area contributed by atoms with Crippen molar-refractivity contribution in [2.45, 2.75) is 30.9 Å². The van der Waals surface area contributed by atoms with Gasteiger partial charge in [-0.3, -0.25) is 0 Å². The van der Waals surface area contributed by atoms with Crippen molar-refractivity contribution in [1.82, 2.24) is 10.2 Å². The number of fused-ring (bicyclic) bond motifs is 3. The van der Waals surface area contributed by atoms with E-state index in [1.807, 2.05) is 0 Å². The van der Waals surface area contributed by atoms with Crippen LogP contribution in [0.5, 0.6) is 0 Å². The van der Waals surface area contributed by atoms with E-state index in [-0.39, 0.29) is 16.5 Å². The quantitative estimate of drug-likeness (QED) is 0.521. The molecule has 0 bridgehead atoms. The van der Waals surface area contributed by atoms with Gasteiger partial charge in [-0.15, -0.1) is 0 Å². The number of aromatic nitrogens is 2. The number of aromatic amines is 1. The summed E-state index contributed by atoms with van der Waals surface area (Å²) in [5.41, 5.74) is -0.604. The van der Waals surface area contributed by atoms with Crippen LogP contribution in [0.4, 0.5) is 0 Å². The van der Waals surface area contributed by atoms with Gasteiger partial charge in [0.1, 0.15) is 10.6 Å². The molecule has 0 radical (unpaired) electrons. The molecule has 0 amide bonds. The van der Waals surface area contributed by atoms with Crippen LogP contribution in [-0.4, -0.2) is 33.1 Å². The van der Waals surface area contributed by atoms with Crippen molar-refractivity contribution in [3.63, 3.8) is 0 Å². The smallest absolute Gasteiger partial charge is 0.367 e. The maximum absolute atomic E-state index is 11.0. The van der Waals surface area contributed by atoms with Crippen LogP contribution < -0.4 is 4.71 Å². The zero-order valence-electron chi connectivity index (χ0n) is 8.01. The van der Waals surface area contributed by atoms with Gasteiger partial charge in [0.2, 0.25) is 5.76 Å². The summed E-state index contributed by atoms with van der Waals surface area (Å²) in [5, 5.41) is 23.5. The molecule has 1 aliphatic carbocycles. The Balaban J connectivity index is 2.15. The van der Waals surface area contributed by atoms with E-state index in [0.29, 0.717) is 31.5 Å². The fourth-order valence-electron chi connectivity index (χ4n) is 2.62. The molecular formula is C8H12N3O4+. The third-order valence-electron chi connectivity index (χ3n) is 3.37. The molecule has 0 unspecified atom stereocenters. The maximum atomic E-state index is 11.0. The van der Waals surface area contributed by atoms with E-state index in [2.05, 4.69) is 5.10 Å². The van der Waals surface area contributed by atoms with Gasteiger partial charge in [-0.2, -0.15) is 9.59 Å². The Morgan fingerprint density at radius 3 is 3.27 bits per heavy atom. The third-order valence-corrected chi connectivity index (χ3v) is 3.37. The Kier molecular flexibility index (Phi) is 1.63.